The van der Waals surface area contributed by atoms with Crippen LogP contribution in [0.4, 0.5) is 5.69 Å². The molecule has 1 atom stereocenters. The maximum absolute atomic E-state index is 12.1. The molecule has 1 N–H and O–H groups in total. The SMILES string of the molecule is CCC(OC)C(=O)Nc1ccccc1-n1cc(Br)cn1. The standard InChI is InChI=1S/C14H16BrN3O2/c1-3-13(20-2)14(19)17-11-6-4-5-7-12(11)18-9-10(15)8-16-18/h4-9,13H,3H2,1-2H3,(H,17,19). The Morgan fingerprint density at radius 2 is 2.25 bits per heavy atom. The van der Waals surface area contributed by atoms with E-state index < -0.39 is 6.10 Å². The van der Waals surface area contributed by atoms with Crippen LogP contribution in [0.2, 0.25) is 0 Å². The number of amides is 1. The monoisotopic (exact) mass is 337 g/mol. The number of hydrogen-bond acceptors (Lipinski definition) is 3. The van der Waals surface area contributed by atoms with E-state index in [9.17, 15) is 4.79 Å². The molecule has 2 aromatic rings. The topological polar surface area (TPSA) is 56.1 Å². The first-order chi connectivity index (χ1) is 9.65. The lowest BCUT2D eigenvalue weighted by atomic mass is 10.2. The first-order valence-corrected chi connectivity index (χ1v) is 7.08. The fraction of sp³-hybridized carbons (Fsp3) is 0.286. The number of hydrogen-bond donors (Lipinski definition) is 1. The van der Waals surface area contributed by atoms with Crippen LogP contribution in [0.3, 0.4) is 0 Å². The summed E-state index contributed by atoms with van der Waals surface area (Å²) in [6.45, 7) is 1.91. The maximum Gasteiger partial charge on any atom is 0.253 e. The number of benzene rings is 1. The van der Waals surface area contributed by atoms with Crippen molar-refractivity contribution in [2.75, 3.05) is 12.4 Å². The highest BCUT2D eigenvalue weighted by atomic mass is 79.9. The summed E-state index contributed by atoms with van der Waals surface area (Å²) in [5.41, 5.74) is 1.50. The molecule has 0 fully saturated rings. The van der Waals surface area contributed by atoms with Gasteiger partial charge in [0.25, 0.3) is 5.91 Å². The van der Waals surface area contributed by atoms with Crippen LogP contribution in [0.15, 0.2) is 41.1 Å². The van der Waals surface area contributed by atoms with E-state index in [-0.39, 0.29) is 5.91 Å². The van der Waals surface area contributed by atoms with Crippen molar-refractivity contribution in [2.45, 2.75) is 19.4 Å². The number of nitrogens with one attached hydrogen (secondary N) is 1. The van der Waals surface area contributed by atoms with Gasteiger partial charge in [0.2, 0.25) is 0 Å². The lowest BCUT2D eigenvalue weighted by Gasteiger charge is -2.15. The van der Waals surface area contributed by atoms with Gasteiger partial charge in [0.05, 0.1) is 22.0 Å². The quantitative estimate of drug-likeness (QED) is 0.912. The van der Waals surface area contributed by atoms with Crippen LogP contribution in [0.5, 0.6) is 0 Å². The lowest BCUT2D eigenvalue weighted by molar-refractivity contribution is -0.125. The van der Waals surface area contributed by atoms with Gasteiger partial charge in [-0.15, -0.1) is 0 Å². The fourth-order valence-electron chi connectivity index (χ4n) is 1.88. The van der Waals surface area contributed by atoms with Gasteiger partial charge < -0.3 is 10.1 Å². The molecule has 0 saturated heterocycles. The molecule has 106 valence electrons. The molecule has 0 aliphatic carbocycles. The smallest absolute Gasteiger partial charge is 0.253 e. The molecule has 2 rings (SSSR count). The molecule has 0 spiro atoms. The number of methoxy groups -OCH3 is 1. The van der Waals surface area contributed by atoms with Crippen LogP contribution in [-0.4, -0.2) is 28.9 Å². The number of carbonyl (C=O) groups is 1. The van der Waals surface area contributed by atoms with E-state index in [1.54, 1.807) is 10.9 Å². The summed E-state index contributed by atoms with van der Waals surface area (Å²) in [6, 6.07) is 7.49. The van der Waals surface area contributed by atoms with Gasteiger partial charge in [0.1, 0.15) is 6.10 Å². The number of nitrogens with zero attached hydrogens (tertiary/aromatic N) is 2. The minimum Gasteiger partial charge on any atom is -0.372 e. The third-order valence-corrected chi connectivity index (χ3v) is 3.32. The Balaban J connectivity index is 2.27. The third-order valence-electron chi connectivity index (χ3n) is 2.91. The molecule has 0 aliphatic rings. The Bertz CT molecular complexity index is 594. The Morgan fingerprint density at radius 3 is 2.85 bits per heavy atom. The van der Waals surface area contributed by atoms with Gasteiger partial charge >= 0.3 is 0 Å². The van der Waals surface area contributed by atoms with E-state index >= 15 is 0 Å². The van der Waals surface area contributed by atoms with E-state index in [1.165, 1.54) is 7.11 Å². The molecule has 6 heteroatoms. The van der Waals surface area contributed by atoms with Gasteiger partial charge in [-0.2, -0.15) is 5.10 Å². The van der Waals surface area contributed by atoms with Crippen LogP contribution in [0, 0.1) is 0 Å². The van der Waals surface area contributed by atoms with E-state index in [2.05, 4.69) is 26.3 Å². The average molecular weight is 338 g/mol. The number of rotatable bonds is 5. The van der Waals surface area contributed by atoms with Crippen LogP contribution >= 0.6 is 15.9 Å². The minimum atomic E-state index is -0.451. The zero-order chi connectivity index (χ0) is 14.5. The number of halogens is 1. The van der Waals surface area contributed by atoms with E-state index in [0.717, 1.165) is 10.2 Å². The molecular weight excluding hydrogens is 322 g/mol. The number of para-hydroxylation sites is 2. The van der Waals surface area contributed by atoms with Gasteiger partial charge in [-0.3, -0.25) is 4.79 Å². The van der Waals surface area contributed by atoms with Crippen LogP contribution in [0.1, 0.15) is 13.3 Å². The molecule has 20 heavy (non-hydrogen) atoms. The highest BCUT2D eigenvalue weighted by Gasteiger charge is 2.17. The Morgan fingerprint density at radius 1 is 1.50 bits per heavy atom. The van der Waals surface area contributed by atoms with Gasteiger partial charge in [0.15, 0.2) is 0 Å². The van der Waals surface area contributed by atoms with Crippen LogP contribution < -0.4 is 5.32 Å². The lowest BCUT2D eigenvalue weighted by Crippen LogP contribution is -2.29. The summed E-state index contributed by atoms with van der Waals surface area (Å²) in [6.07, 6.45) is 3.70. The molecule has 0 saturated carbocycles. The highest BCUT2D eigenvalue weighted by Crippen LogP contribution is 2.21. The molecular formula is C14H16BrN3O2. The predicted octanol–water partition coefficient (Wildman–Crippen LogP) is 3.00. The molecule has 1 aromatic heterocycles. The Hall–Kier alpha value is -1.66. The van der Waals surface area contributed by atoms with E-state index in [4.69, 9.17) is 4.74 Å². The van der Waals surface area contributed by atoms with Crippen molar-refractivity contribution in [2.24, 2.45) is 0 Å². The molecule has 5 nitrogen and oxygen atoms in total. The van der Waals surface area contributed by atoms with Gasteiger partial charge in [-0.25, -0.2) is 4.68 Å². The predicted molar refractivity (Wildman–Crippen MR) is 81.0 cm³/mol. The molecule has 1 amide bonds. The second kappa shape index (κ2) is 6.67. The number of carbonyl (C=O) groups excluding carboxylic acids is 1. The first kappa shape index (κ1) is 14.7. The minimum absolute atomic E-state index is 0.159. The molecule has 0 radical (unpaired) electrons. The van der Waals surface area contributed by atoms with E-state index in [1.807, 2.05) is 37.4 Å². The zero-order valence-electron chi connectivity index (χ0n) is 11.3. The van der Waals surface area contributed by atoms with Crippen LogP contribution in [0.25, 0.3) is 5.69 Å². The maximum atomic E-state index is 12.1. The van der Waals surface area contributed by atoms with Crippen molar-refractivity contribution in [3.8, 4) is 5.69 Å². The van der Waals surface area contributed by atoms with Crippen molar-refractivity contribution in [3.63, 3.8) is 0 Å². The van der Waals surface area contributed by atoms with Gasteiger partial charge in [-0.05, 0) is 34.5 Å². The number of aromatic nitrogens is 2. The summed E-state index contributed by atoms with van der Waals surface area (Å²) in [4.78, 5) is 12.1. The highest BCUT2D eigenvalue weighted by molar-refractivity contribution is 9.10. The third kappa shape index (κ3) is 3.26. The summed E-state index contributed by atoms with van der Waals surface area (Å²) in [5, 5.41) is 7.11. The molecule has 1 unspecified atom stereocenters. The van der Waals surface area contributed by atoms with Crippen molar-refractivity contribution in [1.82, 2.24) is 9.78 Å². The summed E-state index contributed by atoms with van der Waals surface area (Å²) in [7, 11) is 1.53. The zero-order valence-corrected chi connectivity index (χ0v) is 12.9. The fourth-order valence-corrected chi connectivity index (χ4v) is 2.17. The summed E-state index contributed by atoms with van der Waals surface area (Å²) in [5.74, 6) is -0.159. The summed E-state index contributed by atoms with van der Waals surface area (Å²) < 4.78 is 7.72. The van der Waals surface area contributed by atoms with Crippen molar-refractivity contribution in [3.05, 3.63) is 41.1 Å². The molecule has 1 aromatic carbocycles. The largest absolute Gasteiger partial charge is 0.372 e. The van der Waals surface area contributed by atoms with Crippen LogP contribution in [-0.2, 0) is 9.53 Å². The summed E-state index contributed by atoms with van der Waals surface area (Å²) >= 11 is 3.36. The number of anilines is 1. The Kier molecular flexibility index (Phi) is 4.92. The first-order valence-electron chi connectivity index (χ1n) is 6.29. The number of ether oxygens (including phenoxy) is 1. The normalized spacial score (nSPS) is 12.2. The molecule has 1 heterocycles. The van der Waals surface area contributed by atoms with Crippen molar-refractivity contribution < 1.29 is 9.53 Å². The van der Waals surface area contributed by atoms with E-state index in [0.29, 0.717) is 12.1 Å². The second-order valence-electron chi connectivity index (χ2n) is 4.24. The van der Waals surface area contributed by atoms with Gasteiger partial charge in [-0.1, -0.05) is 19.1 Å². The average Bonchev–Trinajstić information content (AvgIpc) is 2.87. The molecule has 0 bridgehead atoms. The van der Waals surface area contributed by atoms with Crippen molar-refractivity contribution in [1.29, 1.82) is 0 Å². The Labute approximate surface area is 126 Å². The molecule has 0 aliphatic heterocycles. The second-order valence-corrected chi connectivity index (χ2v) is 5.16. The van der Waals surface area contributed by atoms with Gasteiger partial charge in [0, 0.05) is 13.3 Å². The van der Waals surface area contributed by atoms with Crippen molar-refractivity contribution >= 4 is 27.5 Å².